The van der Waals surface area contributed by atoms with Crippen molar-refractivity contribution in [2.75, 3.05) is 0 Å². The van der Waals surface area contributed by atoms with Crippen molar-refractivity contribution >= 4 is 5.91 Å². The molecule has 0 saturated heterocycles. The summed E-state index contributed by atoms with van der Waals surface area (Å²) in [6, 6.07) is 1.77. The first-order valence-electron chi connectivity index (χ1n) is 5.27. The van der Waals surface area contributed by atoms with E-state index in [4.69, 9.17) is 0 Å². The monoisotopic (exact) mass is 212 g/mol. The van der Waals surface area contributed by atoms with Gasteiger partial charge in [-0.1, -0.05) is 19.8 Å². The summed E-state index contributed by atoms with van der Waals surface area (Å²) in [4.78, 5) is 11.6. The summed E-state index contributed by atoms with van der Waals surface area (Å²) >= 11 is 0. The highest BCUT2D eigenvalue weighted by Crippen LogP contribution is 2.10. The average Bonchev–Trinajstić information content (AvgIpc) is 2.53. The Bertz CT molecular complexity index is 346. The smallest absolute Gasteiger partial charge is 0.269 e. The fourth-order valence-electron chi connectivity index (χ4n) is 1.49. The molecule has 1 aromatic heterocycles. The molecule has 0 bridgehead atoms. The van der Waals surface area contributed by atoms with E-state index >= 15 is 0 Å². The average molecular weight is 212 g/mol. The molecule has 0 radical (unpaired) electrons. The van der Waals surface area contributed by atoms with Gasteiger partial charge in [0, 0.05) is 5.69 Å². The number of halogens is 1. The Morgan fingerprint density at radius 2 is 2.27 bits per heavy atom. The van der Waals surface area contributed by atoms with Crippen molar-refractivity contribution in [2.45, 2.75) is 46.2 Å². The van der Waals surface area contributed by atoms with Crippen LogP contribution in [-0.4, -0.2) is 21.9 Å². The van der Waals surface area contributed by atoms with Crippen LogP contribution in [0.2, 0.25) is 0 Å². The number of unbranched alkanes of at least 4 members (excludes halogenated alkanes) is 1. The third-order valence-electron chi connectivity index (χ3n) is 2.30. The number of hydrogen-bond donors (Lipinski definition) is 0. The molecular weight excluding hydrogens is 195 g/mol. The van der Waals surface area contributed by atoms with E-state index in [9.17, 15) is 9.18 Å². The molecule has 0 aliphatic rings. The highest BCUT2D eigenvalue weighted by molar-refractivity contribution is 5.83. The molecule has 0 spiro atoms. The zero-order valence-electron chi connectivity index (χ0n) is 9.46. The van der Waals surface area contributed by atoms with Gasteiger partial charge in [0.2, 0.25) is 0 Å². The van der Waals surface area contributed by atoms with E-state index < -0.39 is 12.1 Å². The van der Waals surface area contributed by atoms with Gasteiger partial charge in [-0.3, -0.25) is 4.79 Å². The first-order chi connectivity index (χ1) is 7.06. The fraction of sp³-hybridized carbons (Fsp3) is 0.636. The van der Waals surface area contributed by atoms with Crippen LogP contribution in [0.1, 0.15) is 42.4 Å². The van der Waals surface area contributed by atoms with E-state index in [2.05, 4.69) is 5.10 Å². The molecule has 15 heavy (non-hydrogen) atoms. The molecule has 1 rings (SSSR count). The first-order valence-corrected chi connectivity index (χ1v) is 5.27. The van der Waals surface area contributed by atoms with Crippen molar-refractivity contribution < 1.29 is 9.18 Å². The summed E-state index contributed by atoms with van der Waals surface area (Å²) in [5, 5.41) is 3.97. The van der Waals surface area contributed by atoms with Crippen LogP contribution < -0.4 is 0 Å². The topological polar surface area (TPSA) is 34.9 Å². The maximum absolute atomic E-state index is 13.4. The van der Waals surface area contributed by atoms with Gasteiger partial charge in [-0.05, 0) is 26.3 Å². The van der Waals surface area contributed by atoms with Gasteiger partial charge in [0.15, 0.2) is 6.17 Å². The molecule has 4 heteroatoms. The Morgan fingerprint density at radius 3 is 2.73 bits per heavy atom. The summed E-state index contributed by atoms with van der Waals surface area (Å²) < 4.78 is 14.6. The number of carbonyl (C=O) groups excluding carboxylic acids is 1. The van der Waals surface area contributed by atoms with E-state index in [0.29, 0.717) is 5.69 Å². The van der Waals surface area contributed by atoms with Crippen molar-refractivity contribution in [3.63, 3.8) is 0 Å². The number of aryl methyl sites for hydroxylation is 2. The number of rotatable bonds is 4. The highest BCUT2D eigenvalue weighted by Gasteiger charge is 2.20. The van der Waals surface area contributed by atoms with Crippen molar-refractivity contribution in [1.29, 1.82) is 0 Å². The molecule has 1 atom stereocenters. The van der Waals surface area contributed by atoms with Crippen LogP contribution in [0.15, 0.2) is 6.07 Å². The SMILES string of the molecule is CCCC[C@@H](F)C(=O)n1nc(C)cc1C. The van der Waals surface area contributed by atoms with E-state index in [1.807, 2.05) is 6.92 Å². The second-order valence-electron chi connectivity index (χ2n) is 3.79. The lowest BCUT2D eigenvalue weighted by Gasteiger charge is -2.07. The van der Waals surface area contributed by atoms with Crippen LogP contribution in [0.4, 0.5) is 4.39 Å². The first kappa shape index (κ1) is 11.9. The lowest BCUT2D eigenvalue weighted by atomic mass is 10.2. The fourth-order valence-corrected chi connectivity index (χ4v) is 1.49. The molecule has 0 unspecified atom stereocenters. The predicted molar refractivity (Wildman–Crippen MR) is 56.7 cm³/mol. The van der Waals surface area contributed by atoms with E-state index in [1.165, 1.54) is 0 Å². The Balaban J connectivity index is 2.71. The summed E-state index contributed by atoms with van der Waals surface area (Å²) in [6.45, 7) is 5.51. The molecular formula is C11H17FN2O. The Morgan fingerprint density at radius 1 is 1.60 bits per heavy atom. The lowest BCUT2D eigenvalue weighted by Crippen LogP contribution is -2.25. The number of hydrogen-bond acceptors (Lipinski definition) is 2. The van der Waals surface area contributed by atoms with Crippen LogP contribution in [-0.2, 0) is 0 Å². The number of carbonyl (C=O) groups is 1. The quantitative estimate of drug-likeness (QED) is 0.769. The molecule has 0 aliphatic carbocycles. The minimum Gasteiger partial charge on any atom is -0.269 e. The number of nitrogens with zero attached hydrogens (tertiary/aromatic N) is 2. The molecule has 0 N–H and O–H groups in total. The zero-order chi connectivity index (χ0) is 11.4. The van der Waals surface area contributed by atoms with Crippen molar-refractivity contribution in [3.8, 4) is 0 Å². The van der Waals surface area contributed by atoms with Crippen molar-refractivity contribution in [2.24, 2.45) is 0 Å². The second-order valence-corrected chi connectivity index (χ2v) is 3.79. The standard InChI is InChI=1S/C11H17FN2O/c1-4-5-6-10(12)11(15)14-9(3)7-8(2)13-14/h7,10H,4-6H2,1-3H3/t10-/m1/s1. The molecule has 1 aromatic rings. The van der Waals surface area contributed by atoms with E-state index in [-0.39, 0.29) is 6.42 Å². The summed E-state index contributed by atoms with van der Waals surface area (Å²) in [5.74, 6) is -0.547. The van der Waals surface area contributed by atoms with Gasteiger partial charge in [0.25, 0.3) is 5.91 Å². The molecule has 3 nitrogen and oxygen atoms in total. The minimum absolute atomic E-state index is 0.285. The molecule has 0 aliphatic heterocycles. The van der Waals surface area contributed by atoms with E-state index in [1.54, 1.807) is 19.9 Å². The largest absolute Gasteiger partial charge is 0.281 e. The molecule has 0 aromatic carbocycles. The van der Waals surface area contributed by atoms with E-state index in [0.717, 1.165) is 23.2 Å². The normalized spacial score (nSPS) is 12.8. The van der Waals surface area contributed by atoms with Crippen LogP contribution in [0, 0.1) is 13.8 Å². The molecule has 0 saturated carbocycles. The third kappa shape index (κ3) is 2.88. The maximum atomic E-state index is 13.4. The van der Waals surface area contributed by atoms with Gasteiger partial charge < -0.3 is 0 Å². The second kappa shape index (κ2) is 5.05. The Kier molecular flexibility index (Phi) is 4.00. The molecule has 84 valence electrons. The molecule has 0 amide bonds. The highest BCUT2D eigenvalue weighted by atomic mass is 19.1. The van der Waals surface area contributed by atoms with Gasteiger partial charge in [-0.25, -0.2) is 9.07 Å². The zero-order valence-corrected chi connectivity index (χ0v) is 9.46. The van der Waals surface area contributed by atoms with Crippen LogP contribution in [0.3, 0.4) is 0 Å². The van der Waals surface area contributed by atoms with Crippen LogP contribution >= 0.6 is 0 Å². The minimum atomic E-state index is -1.43. The van der Waals surface area contributed by atoms with Gasteiger partial charge in [0.05, 0.1) is 5.69 Å². The third-order valence-corrected chi connectivity index (χ3v) is 2.30. The number of aromatic nitrogens is 2. The summed E-state index contributed by atoms with van der Waals surface area (Å²) in [7, 11) is 0. The van der Waals surface area contributed by atoms with Crippen LogP contribution in [0.5, 0.6) is 0 Å². The van der Waals surface area contributed by atoms with Gasteiger partial charge in [-0.2, -0.15) is 5.10 Å². The number of alkyl halides is 1. The van der Waals surface area contributed by atoms with Gasteiger partial charge in [0.1, 0.15) is 0 Å². The van der Waals surface area contributed by atoms with Crippen molar-refractivity contribution in [1.82, 2.24) is 9.78 Å². The summed E-state index contributed by atoms with van der Waals surface area (Å²) in [5.41, 5.74) is 1.43. The van der Waals surface area contributed by atoms with Gasteiger partial charge in [-0.15, -0.1) is 0 Å². The van der Waals surface area contributed by atoms with Gasteiger partial charge >= 0.3 is 0 Å². The predicted octanol–water partition coefficient (Wildman–Crippen LogP) is 2.67. The maximum Gasteiger partial charge on any atom is 0.281 e. The molecule has 1 heterocycles. The van der Waals surface area contributed by atoms with Crippen LogP contribution in [0.25, 0.3) is 0 Å². The summed E-state index contributed by atoms with van der Waals surface area (Å²) in [6.07, 6.45) is 0.480. The Labute approximate surface area is 89.3 Å². The lowest BCUT2D eigenvalue weighted by molar-refractivity contribution is 0.0757. The molecule has 0 fully saturated rings. The van der Waals surface area contributed by atoms with Crippen molar-refractivity contribution in [3.05, 3.63) is 17.5 Å². The Hall–Kier alpha value is -1.19.